The summed E-state index contributed by atoms with van der Waals surface area (Å²) in [5, 5.41) is 3.52. The summed E-state index contributed by atoms with van der Waals surface area (Å²) in [5.41, 5.74) is 2.43. The van der Waals surface area contributed by atoms with Crippen LogP contribution in [0.15, 0.2) is 42.5 Å². The Balaban J connectivity index is 2.13. The molecule has 1 aliphatic heterocycles. The highest BCUT2D eigenvalue weighted by molar-refractivity contribution is 6.02. The van der Waals surface area contributed by atoms with E-state index < -0.39 is 0 Å². The quantitative estimate of drug-likeness (QED) is 0.832. The highest BCUT2D eigenvalue weighted by Crippen LogP contribution is 2.41. The Bertz CT molecular complexity index is 791. The maximum atomic E-state index is 13.2. The average Bonchev–Trinajstić information content (AvgIpc) is 2.67. The number of carbonyl (C=O) groups excluding carboxylic acids is 1. The van der Waals surface area contributed by atoms with Crippen molar-refractivity contribution in [2.45, 2.75) is 39.4 Å². The van der Waals surface area contributed by atoms with E-state index in [9.17, 15) is 4.79 Å². The maximum Gasteiger partial charge on any atom is 0.258 e. The molecule has 3 rings (SSSR count). The van der Waals surface area contributed by atoms with E-state index in [1.807, 2.05) is 54.3 Å². The summed E-state index contributed by atoms with van der Waals surface area (Å²) in [6.07, 6.45) is 0.544. The van der Waals surface area contributed by atoms with Crippen molar-refractivity contribution in [1.82, 2.24) is 4.90 Å². The molecule has 0 radical (unpaired) electrons. The first-order valence-corrected chi connectivity index (χ1v) is 9.10. The molecule has 0 unspecified atom stereocenters. The molecule has 0 saturated heterocycles. The monoisotopic (exact) mass is 354 g/mol. The van der Waals surface area contributed by atoms with Crippen molar-refractivity contribution >= 4 is 11.6 Å². The molecule has 0 fully saturated rings. The summed E-state index contributed by atoms with van der Waals surface area (Å²) in [6.45, 7) is 6.65. The number of benzene rings is 2. The van der Waals surface area contributed by atoms with Crippen molar-refractivity contribution in [2.75, 3.05) is 19.0 Å². The predicted octanol–water partition coefficient (Wildman–Crippen LogP) is 4.46. The minimum Gasteiger partial charge on any atom is -0.492 e. The number of carbonyl (C=O) groups is 1. The predicted molar refractivity (Wildman–Crippen MR) is 103 cm³/mol. The third-order valence-corrected chi connectivity index (χ3v) is 4.84. The van der Waals surface area contributed by atoms with Crippen LogP contribution in [-0.4, -0.2) is 30.6 Å². The number of anilines is 1. The number of hydrogen-bond acceptors (Lipinski definition) is 4. The van der Waals surface area contributed by atoms with Crippen molar-refractivity contribution in [3.8, 4) is 11.5 Å². The first-order valence-electron chi connectivity index (χ1n) is 9.10. The molecule has 0 saturated carbocycles. The standard InChI is InChI=1S/C21H26N2O3/c1-5-14(3)23-20(22-17-12-8-7-10-15(17)21(23)24)16-11-9-13-18(26-6-2)19(16)25-4/h7-14,20,22H,5-6H2,1-4H3/t14-,20-/m1/s1. The Morgan fingerprint density at radius 3 is 2.62 bits per heavy atom. The molecule has 5 nitrogen and oxygen atoms in total. The topological polar surface area (TPSA) is 50.8 Å². The molecule has 1 N–H and O–H groups in total. The molecule has 5 heteroatoms. The van der Waals surface area contributed by atoms with Crippen molar-refractivity contribution in [2.24, 2.45) is 0 Å². The van der Waals surface area contributed by atoms with Crippen LogP contribution in [0, 0.1) is 0 Å². The van der Waals surface area contributed by atoms with E-state index >= 15 is 0 Å². The summed E-state index contributed by atoms with van der Waals surface area (Å²) in [5.74, 6) is 1.37. The fourth-order valence-electron chi connectivity index (χ4n) is 3.38. The van der Waals surface area contributed by atoms with Crippen molar-refractivity contribution in [3.63, 3.8) is 0 Å². The third kappa shape index (κ3) is 3.09. The maximum absolute atomic E-state index is 13.2. The van der Waals surface area contributed by atoms with Gasteiger partial charge in [0.2, 0.25) is 0 Å². The molecule has 0 spiro atoms. The Kier molecular flexibility index (Phi) is 5.35. The molecule has 1 heterocycles. The molecule has 138 valence electrons. The highest BCUT2D eigenvalue weighted by atomic mass is 16.5. The average molecular weight is 354 g/mol. The van der Waals surface area contributed by atoms with Crippen molar-refractivity contribution < 1.29 is 14.3 Å². The Labute approximate surface area is 154 Å². The number of nitrogens with one attached hydrogen (secondary N) is 1. The third-order valence-electron chi connectivity index (χ3n) is 4.84. The molecule has 1 aliphatic rings. The zero-order valence-electron chi connectivity index (χ0n) is 15.8. The van der Waals surface area contributed by atoms with Gasteiger partial charge in [-0.2, -0.15) is 0 Å². The van der Waals surface area contributed by atoms with Gasteiger partial charge < -0.3 is 19.7 Å². The highest BCUT2D eigenvalue weighted by Gasteiger charge is 2.37. The molecular formula is C21H26N2O3. The van der Waals surface area contributed by atoms with Gasteiger partial charge >= 0.3 is 0 Å². The molecule has 2 atom stereocenters. The normalized spacial score (nSPS) is 17.3. The van der Waals surface area contributed by atoms with Crippen LogP contribution in [0.3, 0.4) is 0 Å². The summed E-state index contributed by atoms with van der Waals surface area (Å²) < 4.78 is 11.4. The van der Waals surface area contributed by atoms with Gasteiger partial charge in [0.1, 0.15) is 6.17 Å². The summed E-state index contributed by atoms with van der Waals surface area (Å²) in [4.78, 5) is 15.1. The van der Waals surface area contributed by atoms with Crippen LogP contribution in [0.4, 0.5) is 5.69 Å². The SMILES string of the molecule is CCOc1cccc([C@@H]2Nc3ccccc3C(=O)N2[C@H](C)CC)c1OC. The van der Waals surface area contributed by atoms with Crippen molar-refractivity contribution in [3.05, 3.63) is 53.6 Å². The zero-order valence-corrected chi connectivity index (χ0v) is 15.8. The second kappa shape index (κ2) is 7.68. The van der Waals surface area contributed by atoms with E-state index in [0.717, 1.165) is 17.7 Å². The lowest BCUT2D eigenvalue weighted by Gasteiger charge is -2.42. The lowest BCUT2D eigenvalue weighted by molar-refractivity contribution is 0.0590. The van der Waals surface area contributed by atoms with Gasteiger partial charge in [-0.3, -0.25) is 4.79 Å². The second-order valence-electron chi connectivity index (χ2n) is 6.37. The molecule has 2 aromatic carbocycles. The zero-order chi connectivity index (χ0) is 18.7. The van der Waals surface area contributed by atoms with Gasteiger partial charge in [-0.1, -0.05) is 31.2 Å². The largest absolute Gasteiger partial charge is 0.492 e. The smallest absolute Gasteiger partial charge is 0.258 e. The Hall–Kier alpha value is -2.69. The fourth-order valence-corrected chi connectivity index (χ4v) is 3.38. The van der Waals surface area contributed by atoms with E-state index in [1.165, 1.54) is 0 Å². The number of amides is 1. The van der Waals surface area contributed by atoms with Crippen LogP contribution in [-0.2, 0) is 0 Å². The number of rotatable bonds is 6. The van der Waals surface area contributed by atoms with Gasteiger partial charge in [0.25, 0.3) is 5.91 Å². The van der Waals surface area contributed by atoms with E-state index in [2.05, 4.69) is 19.2 Å². The van der Waals surface area contributed by atoms with Gasteiger partial charge in [-0.15, -0.1) is 0 Å². The Morgan fingerprint density at radius 2 is 1.92 bits per heavy atom. The minimum atomic E-state index is -0.317. The van der Waals surface area contributed by atoms with E-state index in [0.29, 0.717) is 23.7 Å². The van der Waals surface area contributed by atoms with Crippen LogP contribution in [0.5, 0.6) is 11.5 Å². The number of para-hydroxylation sites is 2. The number of nitrogens with zero attached hydrogens (tertiary/aromatic N) is 1. The molecule has 0 aromatic heterocycles. The fraction of sp³-hybridized carbons (Fsp3) is 0.381. The Morgan fingerprint density at radius 1 is 1.15 bits per heavy atom. The summed E-state index contributed by atoms with van der Waals surface area (Å²) >= 11 is 0. The van der Waals surface area contributed by atoms with Crippen LogP contribution in [0.2, 0.25) is 0 Å². The first kappa shape index (κ1) is 18.1. The van der Waals surface area contributed by atoms with Crippen molar-refractivity contribution in [1.29, 1.82) is 0 Å². The van der Waals surface area contributed by atoms with Crippen LogP contribution >= 0.6 is 0 Å². The summed E-state index contributed by atoms with van der Waals surface area (Å²) in [6, 6.07) is 13.5. The van der Waals surface area contributed by atoms with E-state index in [-0.39, 0.29) is 18.1 Å². The lowest BCUT2D eigenvalue weighted by atomic mass is 10.00. The van der Waals surface area contributed by atoms with Crippen LogP contribution < -0.4 is 14.8 Å². The molecule has 1 amide bonds. The van der Waals surface area contributed by atoms with Gasteiger partial charge in [-0.05, 0) is 38.5 Å². The van der Waals surface area contributed by atoms with Gasteiger partial charge in [0, 0.05) is 17.3 Å². The van der Waals surface area contributed by atoms with Gasteiger partial charge in [0.15, 0.2) is 11.5 Å². The van der Waals surface area contributed by atoms with E-state index in [1.54, 1.807) is 7.11 Å². The number of hydrogen-bond donors (Lipinski definition) is 1. The summed E-state index contributed by atoms with van der Waals surface area (Å²) in [7, 11) is 1.63. The molecule has 26 heavy (non-hydrogen) atoms. The van der Waals surface area contributed by atoms with Gasteiger partial charge in [0.05, 0.1) is 19.3 Å². The minimum absolute atomic E-state index is 0.0302. The number of fused-ring (bicyclic) bond motifs is 1. The lowest BCUT2D eigenvalue weighted by Crippen LogP contribution is -2.47. The van der Waals surface area contributed by atoms with Gasteiger partial charge in [-0.25, -0.2) is 0 Å². The second-order valence-corrected chi connectivity index (χ2v) is 6.37. The number of methoxy groups -OCH3 is 1. The molecule has 0 aliphatic carbocycles. The van der Waals surface area contributed by atoms with Crippen LogP contribution in [0.1, 0.15) is 49.3 Å². The number of ether oxygens (including phenoxy) is 2. The first-order chi connectivity index (χ1) is 12.6. The van der Waals surface area contributed by atoms with E-state index in [4.69, 9.17) is 9.47 Å². The van der Waals surface area contributed by atoms with Crippen LogP contribution in [0.25, 0.3) is 0 Å². The molecule has 2 aromatic rings. The molecule has 0 bridgehead atoms. The molecular weight excluding hydrogens is 328 g/mol.